The number of allylic oxidation sites excluding steroid dienone is 3. The average Bonchev–Trinajstić information content (AvgIpc) is 3.43. The van der Waals surface area contributed by atoms with E-state index in [0.29, 0.717) is 23.1 Å². The zero-order valence-corrected chi connectivity index (χ0v) is 22.1. The first-order valence-electron chi connectivity index (χ1n) is 14.2. The number of carbonyl (C=O) groups excluding carboxylic acids is 2. The third-order valence-corrected chi connectivity index (χ3v) is 8.94. The molecule has 6 rings (SSSR count). The highest BCUT2D eigenvalue weighted by Gasteiger charge is 2.49. The minimum atomic E-state index is -0.312. The van der Waals surface area contributed by atoms with Crippen molar-refractivity contribution >= 4 is 23.3 Å². The maximum Gasteiger partial charge on any atom is 0.319 e. The van der Waals surface area contributed by atoms with Gasteiger partial charge in [0.15, 0.2) is 0 Å². The Morgan fingerprint density at radius 1 is 1.00 bits per heavy atom. The molecule has 7 nitrogen and oxygen atoms in total. The van der Waals surface area contributed by atoms with E-state index < -0.39 is 0 Å². The molecule has 2 aliphatic carbocycles. The second-order valence-corrected chi connectivity index (χ2v) is 11.2. The van der Waals surface area contributed by atoms with Gasteiger partial charge >= 0.3 is 6.03 Å². The Morgan fingerprint density at radius 2 is 1.82 bits per heavy atom. The van der Waals surface area contributed by atoms with Crippen molar-refractivity contribution in [3.8, 4) is 6.07 Å². The number of hydrogen-bond donors (Lipinski definition) is 3. The van der Waals surface area contributed by atoms with Gasteiger partial charge in [0.05, 0.1) is 23.6 Å². The molecule has 4 aliphatic rings. The molecule has 1 saturated carbocycles. The SMILES string of the molecule is N#Cc1ccc(NC(=O)N[C@@H]2CCCC[C@@H]2C(=O)N2CC[C@@H]3[C@H](C4C=CC=CC4)Nc4ccccc4[C@@H]32)cc1. The summed E-state index contributed by atoms with van der Waals surface area (Å²) in [4.78, 5) is 29.3. The monoisotopic (exact) mass is 521 g/mol. The van der Waals surface area contributed by atoms with E-state index >= 15 is 0 Å². The van der Waals surface area contributed by atoms with Gasteiger partial charge in [-0.1, -0.05) is 55.3 Å². The van der Waals surface area contributed by atoms with Crippen molar-refractivity contribution in [1.82, 2.24) is 10.2 Å². The van der Waals surface area contributed by atoms with Crippen molar-refractivity contribution in [2.75, 3.05) is 17.2 Å². The van der Waals surface area contributed by atoms with E-state index in [4.69, 9.17) is 5.26 Å². The zero-order valence-electron chi connectivity index (χ0n) is 22.1. The molecule has 0 spiro atoms. The molecule has 2 aromatic rings. The van der Waals surface area contributed by atoms with Gasteiger partial charge in [0.2, 0.25) is 5.91 Å². The molecule has 2 aliphatic heterocycles. The summed E-state index contributed by atoms with van der Waals surface area (Å²) in [7, 11) is 0. The van der Waals surface area contributed by atoms with Crippen LogP contribution in [0.3, 0.4) is 0 Å². The molecule has 1 unspecified atom stereocenters. The summed E-state index contributed by atoms with van der Waals surface area (Å²) in [5, 5.41) is 18.8. The lowest BCUT2D eigenvalue weighted by Crippen LogP contribution is -2.51. The summed E-state index contributed by atoms with van der Waals surface area (Å²) in [6.45, 7) is 0.744. The van der Waals surface area contributed by atoms with Crippen LogP contribution < -0.4 is 16.0 Å². The number of para-hydroxylation sites is 1. The molecule has 6 atom stereocenters. The lowest BCUT2D eigenvalue weighted by atomic mass is 9.75. The van der Waals surface area contributed by atoms with Crippen LogP contribution in [0, 0.1) is 29.1 Å². The highest BCUT2D eigenvalue weighted by Crippen LogP contribution is 2.49. The molecule has 2 fully saturated rings. The summed E-state index contributed by atoms with van der Waals surface area (Å²) in [5.74, 6) is 0.684. The minimum absolute atomic E-state index is 0.0503. The second-order valence-electron chi connectivity index (χ2n) is 11.2. The predicted octanol–water partition coefficient (Wildman–Crippen LogP) is 5.75. The van der Waals surface area contributed by atoms with Crippen LogP contribution in [-0.4, -0.2) is 35.5 Å². The van der Waals surface area contributed by atoms with E-state index in [2.05, 4.69) is 75.5 Å². The summed E-state index contributed by atoms with van der Waals surface area (Å²) in [5.41, 5.74) is 3.50. The van der Waals surface area contributed by atoms with Gasteiger partial charge in [-0.05, 0) is 61.6 Å². The number of benzene rings is 2. The summed E-state index contributed by atoms with van der Waals surface area (Å²) in [6.07, 6.45) is 14.3. The Hall–Kier alpha value is -4.05. The molecule has 2 aromatic carbocycles. The molecule has 0 radical (unpaired) electrons. The van der Waals surface area contributed by atoms with Crippen molar-refractivity contribution < 1.29 is 9.59 Å². The molecule has 3 N–H and O–H groups in total. The van der Waals surface area contributed by atoms with Crippen molar-refractivity contribution in [1.29, 1.82) is 5.26 Å². The fourth-order valence-electron chi connectivity index (χ4n) is 7.08. The van der Waals surface area contributed by atoms with E-state index in [1.54, 1.807) is 24.3 Å². The maximum absolute atomic E-state index is 14.2. The number of likely N-dealkylation sites (tertiary alicyclic amines) is 1. The van der Waals surface area contributed by atoms with E-state index in [1.807, 2.05) is 0 Å². The van der Waals surface area contributed by atoms with E-state index in [1.165, 1.54) is 5.56 Å². The van der Waals surface area contributed by atoms with Crippen molar-refractivity contribution in [2.45, 2.75) is 56.7 Å². The van der Waals surface area contributed by atoms with Crippen LogP contribution in [0.1, 0.15) is 55.7 Å². The number of nitrogens with zero attached hydrogens (tertiary/aromatic N) is 2. The molecule has 39 heavy (non-hydrogen) atoms. The largest absolute Gasteiger partial charge is 0.381 e. The number of nitriles is 1. The predicted molar refractivity (Wildman–Crippen MR) is 152 cm³/mol. The Balaban J connectivity index is 1.20. The Kier molecular flexibility index (Phi) is 7.10. The van der Waals surface area contributed by atoms with Crippen LogP contribution in [0.5, 0.6) is 0 Å². The van der Waals surface area contributed by atoms with Gasteiger partial charge < -0.3 is 20.9 Å². The van der Waals surface area contributed by atoms with E-state index in [-0.39, 0.29) is 36.0 Å². The van der Waals surface area contributed by atoms with Crippen LogP contribution in [0.15, 0.2) is 72.8 Å². The first kappa shape index (κ1) is 25.2. The van der Waals surface area contributed by atoms with Crippen LogP contribution >= 0.6 is 0 Å². The van der Waals surface area contributed by atoms with Gasteiger partial charge in [-0.15, -0.1) is 0 Å². The minimum Gasteiger partial charge on any atom is -0.381 e. The molecule has 200 valence electrons. The quantitative estimate of drug-likeness (QED) is 0.477. The number of anilines is 2. The van der Waals surface area contributed by atoms with Crippen LogP contribution in [0.4, 0.5) is 16.2 Å². The topological polar surface area (TPSA) is 97.3 Å². The van der Waals surface area contributed by atoms with Gasteiger partial charge in [-0.3, -0.25) is 4.79 Å². The number of carbonyl (C=O) groups is 2. The number of nitrogens with one attached hydrogen (secondary N) is 3. The van der Waals surface area contributed by atoms with Gasteiger partial charge in [-0.25, -0.2) is 4.79 Å². The van der Waals surface area contributed by atoms with Crippen molar-refractivity contribution in [3.05, 3.63) is 84.0 Å². The highest BCUT2D eigenvalue weighted by molar-refractivity contribution is 5.90. The normalized spacial score (nSPS) is 28.9. The number of rotatable bonds is 4. The fourth-order valence-corrected chi connectivity index (χ4v) is 7.08. The Labute approximate surface area is 230 Å². The van der Waals surface area contributed by atoms with Gasteiger partial charge in [0.1, 0.15) is 0 Å². The average molecular weight is 522 g/mol. The van der Waals surface area contributed by atoms with E-state index in [0.717, 1.165) is 50.8 Å². The third kappa shape index (κ3) is 5.04. The summed E-state index contributed by atoms with van der Waals surface area (Å²) in [6, 6.07) is 17.1. The fraction of sp³-hybridized carbons (Fsp3) is 0.406. The first-order valence-corrected chi connectivity index (χ1v) is 14.2. The Morgan fingerprint density at radius 3 is 2.62 bits per heavy atom. The van der Waals surface area contributed by atoms with E-state index in [9.17, 15) is 9.59 Å². The number of urea groups is 1. The molecule has 1 saturated heterocycles. The highest BCUT2D eigenvalue weighted by atomic mass is 16.2. The van der Waals surface area contributed by atoms with Gasteiger partial charge in [-0.2, -0.15) is 5.26 Å². The summed E-state index contributed by atoms with van der Waals surface area (Å²) >= 11 is 0. The molecular formula is C32H35N5O2. The van der Waals surface area contributed by atoms with Crippen LogP contribution in [-0.2, 0) is 4.79 Å². The van der Waals surface area contributed by atoms with Crippen LogP contribution in [0.2, 0.25) is 0 Å². The first-order chi connectivity index (χ1) is 19.1. The Bertz CT molecular complexity index is 1330. The zero-order chi connectivity index (χ0) is 26.8. The molecule has 2 heterocycles. The molecule has 0 aromatic heterocycles. The molecule has 7 heteroatoms. The molecule has 3 amide bonds. The third-order valence-electron chi connectivity index (χ3n) is 8.94. The maximum atomic E-state index is 14.2. The van der Waals surface area contributed by atoms with Gasteiger partial charge in [0.25, 0.3) is 0 Å². The summed E-state index contributed by atoms with van der Waals surface area (Å²) < 4.78 is 0. The van der Waals surface area contributed by atoms with Crippen LogP contribution in [0.25, 0.3) is 0 Å². The smallest absolute Gasteiger partial charge is 0.319 e. The number of amides is 3. The molecule has 0 bridgehead atoms. The lowest BCUT2D eigenvalue weighted by molar-refractivity contribution is -0.138. The number of fused-ring (bicyclic) bond motifs is 3. The van der Waals surface area contributed by atoms with Gasteiger partial charge in [0, 0.05) is 41.8 Å². The standard InChI is InChI=1S/C32H35N5O2/c33-20-21-14-16-23(17-15-21)34-32(39)36-28-13-7-5-11-25(28)31(38)37-19-18-26-29(22-8-2-1-3-9-22)35-27-12-6-4-10-24(27)30(26)37/h1-4,6,8,10,12,14-17,22,25-26,28-30,35H,5,7,9,11,13,18-19H2,(H2,34,36,39)/t22?,25-,26+,28+,29-,30-/m0/s1. The second kappa shape index (κ2) is 11.0. The van der Waals surface area contributed by atoms with Crippen molar-refractivity contribution in [2.24, 2.45) is 17.8 Å². The lowest BCUT2D eigenvalue weighted by Gasteiger charge is -2.44. The van der Waals surface area contributed by atoms with Crippen molar-refractivity contribution in [3.63, 3.8) is 0 Å². The number of hydrogen-bond acceptors (Lipinski definition) is 4. The molecular weight excluding hydrogens is 486 g/mol.